The first-order valence-corrected chi connectivity index (χ1v) is 5.39. The van der Waals surface area contributed by atoms with E-state index < -0.39 is 18.1 Å². The molecule has 1 aromatic heterocycles. The van der Waals surface area contributed by atoms with Crippen molar-refractivity contribution in [2.45, 2.75) is 6.36 Å². The number of aromatic carboxylic acids is 1. The van der Waals surface area contributed by atoms with E-state index in [4.69, 9.17) is 5.11 Å². The Morgan fingerprint density at radius 2 is 2.05 bits per heavy atom. The van der Waals surface area contributed by atoms with E-state index in [9.17, 15) is 18.0 Å². The number of ether oxygens (including phenoxy) is 1. The van der Waals surface area contributed by atoms with Gasteiger partial charge < -0.3 is 9.84 Å². The summed E-state index contributed by atoms with van der Waals surface area (Å²) in [4.78, 5) is 11.0. The molecule has 0 bridgehead atoms. The van der Waals surface area contributed by atoms with E-state index in [1.165, 1.54) is 16.9 Å². The number of halogens is 3. The van der Waals surface area contributed by atoms with Crippen molar-refractivity contribution >= 4 is 5.97 Å². The van der Waals surface area contributed by atoms with Crippen LogP contribution in [0.5, 0.6) is 5.75 Å². The molecule has 2 aromatic rings. The van der Waals surface area contributed by atoms with E-state index in [0.717, 1.165) is 12.1 Å². The second-order valence-corrected chi connectivity index (χ2v) is 3.94. The van der Waals surface area contributed by atoms with Crippen molar-refractivity contribution in [2.75, 3.05) is 0 Å². The monoisotopic (exact) mass is 286 g/mol. The molecule has 8 heteroatoms. The zero-order valence-corrected chi connectivity index (χ0v) is 10.2. The number of carbonyl (C=O) groups is 1. The summed E-state index contributed by atoms with van der Waals surface area (Å²) < 4.78 is 41.9. The van der Waals surface area contributed by atoms with E-state index >= 15 is 0 Å². The topological polar surface area (TPSA) is 64.4 Å². The quantitative estimate of drug-likeness (QED) is 0.942. The number of aromatic nitrogens is 2. The lowest BCUT2D eigenvalue weighted by atomic mass is 10.1. The summed E-state index contributed by atoms with van der Waals surface area (Å²) in [6.45, 7) is 0. The van der Waals surface area contributed by atoms with Crippen molar-refractivity contribution in [2.24, 2.45) is 7.05 Å². The van der Waals surface area contributed by atoms with Gasteiger partial charge >= 0.3 is 12.3 Å². The summed E-state index contributed by atoms with van der Waals surface area (Å²) in [6.07, 6.45) is -3.44. The lowest BCUT2D eigenvalue weighted by Crippen LogP contribution is -2.17. The zero-order chi connectivity index (χ0) is 14.9. The van der Waals surface area contributed by atoms with Gasteiger partial charge in [-0.05, 0) is 24.3 Å². The highest BCUT2D eigenvalue weighted by atomic mass is 19.4. The molecule has 1 aromatic carbocycles. The highest BCUT2D eigenvalue weighted by molar-refractivity contribution is 5.90. The van der Waals surface area contributed by atoms with Crippen LogP contribution in [0, 0.1) is 0 Å². The molecule has 0 fully saturated rings. The van der Waals surface area contributed by atoms with Crippen molar-refractivity contribution < 1.29 is 27.8 Å². The normalized spacial score (nSPS) is 11.4. The average Bonchev–Trinajstić information content (AvgIpc) is 2.72. The number of benzene rings is 1. The minimum atomic E-state index is -4.89. The summed E-state index contributed by atoms with van der Waals surface area (Å²) in [5, 5.41) is 12.8. The largest absolute Gasteiger partial charge is 0.573 e. The summed E-state index contributed by atoms with van der Waals surface area (Å²) in [6, 6.07) is 4.73. The average molecular weight is 286 g/mol. The summed E-state index contributed by atoms with van der Waals surface area (Å²) in [5.41, 5.74) is 0.437. The van der Waals surface area contributed by atoms with E-state index in [-0.39, 0.29) is 11.1 Å². The van der Waals surface area contributed by atoms with Crippen LogP contribution in [0.25, 0.3) is 11.3 Å². The van der Waals surface area contributed by atoms with Gasteiger partial charge in [-0.1, -0.05) is 0 Å². The Bertz CT molecular complexity index is 650. The van der Waals surface area contributed by atoms with Crippen LogP contribution in [0.1, 0.15) is 10.4 Å². The second kappa shape index (κ2) is 4.87. The Kier molecular flexibility index (Phi) is 3.39. The molecule has 0 radical (unpaired) electrons. The second-order valence-electron chi connectivity index (χ2n) is 3.94. The van der Waals surface area contributed by atoms with Gasteiger partial charge in [0.05, 0.1) is 11.3 Å². The maximum atomic E-state index is 12.2. The van der Waals surface area contributed by atoms with Crippen molar-refractivity contribution in [1.82, 2.24) is 9.78 Å². The highest BCUT2D eigenvalue weighted by Crippen LogP contribution is 2.29. The Labute approximate surface area is 111 Å². The van der Waals surface area contributed by atoms with Gasteiger partial charge in [0.15, 0.2) is 0 Å². The molecule has 1 heterocycles. The molecule has 20 heavy (non-hydrogen) atoms. The molecule has 106 valence electrons. The van der Waals surface area contributed by atoms with Crippen LogP contribution >= 0.6 is 0 Å². The number of nitrogens with zero attached hydrogens (tertiary/aromatic N) is 2. The molecule has 2 rings (SSSR count). The SMILES string of the molecule is Cn1nccc1-c1cc(OC(F)(F)F)cc(C(=O)O)c1. The van der Waals surface area contributed by atoms with Gasteiger partial charge in [-0.2, -0.15) is 5.10 Å². The van der Waals surface area contributed by atoms with Crippen LogP contribution in [0.3, 0.4) is 0 Å². The van der Waals surface area contributed by atoms with Gasteiger partial charge in [-0.15, -0.1) is 13.2 Å². The molecule has 0 unspecified atom stereocenters. The van der Waals surface area contributed by atoms with Crippen LogP contribution in [0.4, 0.5) is 13.2 Å². The standard InChI is InChI=1S/C12H9F3N2O3/c1-17-10(2-3-16-17)7-4-8(11(18)19)6-9(5-7)20-12(13,14)15/h2-6H,1H3,(H,18,19). The van der Waals surface area contributed by atoms with Gasteiger partial charge in [0, 0.05) is 18.8 Å². The molecule has 0 saturated heterocycles. The van der Waals surface area contributed by atoms with Gasteiger partial charge in [0.25, 0.3) is 0 Å². The molecule has 0 spiro atoms. The van der Waals surface area contributed by atoms with Crippen LogP contribution < -0.4 is 4.74 Å². The number of rotatable bonds is 3. The molecule has 0 atom stereocenters. The maximum absolute atomic E-state index is 12.2. The third kappa shape index (κ3) is 3.08. The highest BCUT2D eigenvalue weighted by Gasteiger charge is 2.31. The molecule has 0 aliphatic rings. The van der Waals surface area contributed by atoms with Crippen molar-refractivity contribution in [3.8, 4) is 17.0 Å². The molecule has 0 aliphatic carbocycles. The van der Waals surface area contributed by atoms with Crippen molar-refractivity contribution in [3.63, 3.8) is 0 Å². The third-order valence-corrected chi connectivity index (χ3v) is 2.50. The molecule has 5 nitrogen and oxygen atoms in total. The fourth-order valence-corrected chi connectivity index (χ4v) is 1.72. The number of hydrogen-bond acceptors (Lipinski definition) is 3. The number of hydrogen-bond donors (Lipinski definition) is 1. The minimum absolute atomic E-state index is 0.268. The number of alkyl halides is 3. The number of carboxylic acid groups (broad SMARTS) is 1. The van der Waals surface area contributed by atoms with Gasteiger partial charge in [0.1, 0.15) is 5.75 Å². The van der Waals surface area contributed by atoms with E-state index in [1.807, 2.05) is 0 Å². The summed E-state index contributed by atoms with van der Waals surface area (Å²) in [7, 11) is 1.59. The predicted molar refractivity (Wildman–Crippen MR) is 62.3 cm³/mol. The Balaban J connectivity index is 2.52. The Hall–Kier alpha value is -2.51. The fourth-order valence-electron chi connectivity index (χ4n) is 1.72. The molecular weight excluding hydrogens is 277 g/mol. The maximum Gasteiger partial charge on any atom is 0.573 e. The molecule has 1 N–H and O–H groups in total. The van der Waals surface area contributed by atoms with Crippen molar-refractivity contribution in [1.29, 1.82) is 0 Å². The molecule has 0 aliphatic heterocycles. The number of carboxylic acids is 1. The van der Waals surface area contributed by atoms with E-state index in [2.05, 4.69) is 9.84 Å². The summed E-state index contributed by atoms with van der Waals surface area (Å²) >= 11 is 0. The predicted octanol–water partition coefficient (Wildman–Crippen LogP) is 2.68. The van der Waals surface area contributed by atoms with E-state index in [1.54, 1.807) is 13.1 Å². The first-order chi connectivity index (χ1) is 9.26. The van der Waals surface area contributed by atoms with Gasteiger partial charge in [-0.3, -0.25) is 4.68 Å². The van der Waals surface area contributed by atoms with Crippen LogP contribution in [-0.4, -0.2) is 27.2 Å². The summed E-state index contributed by atoms with van der Waals surface area (Å²) in [5.74, 6) is -1.94. The smallest absolute Gasteiger partial charge is 0.478 e. The van der Waals surface area contributed by atoms with Crippen molar-refractivity contribution in [3.05, 3.63) is 36.0 Å². The first-order valence-electron chi connectivity index (χ1n) is 5.39. The minimum Gasteiger partial charge on any atom is -0.478 e. The first kappa shape index (κ1) is 13.9. The Morgan fingerprint density at radius 3 is 2.55 bits per heavy atom. The zero-order valence-electron chi connectivity index (χ0n) is 10.2. The lowest BCUT2D eigenvalue weighted by molar-refractivity contribution is -0.274. The van der Waals surface area contributed by atoms with Crippen LogP contribution in [0.15, 0.2) is 30.5 Å². The Morgan fingerprint density at radius 1 is 1.35 bits per heavy atom. The number of aryl methyl sites for hydroxylation is 1. The molecule has 0 saturated carbocycles. The van der Waals surface area contributed by atoms with Crippen LogP contribution in [0.2, 0.25) is 0 Å². The van der Waals surface area contributed by atoms with Gasteiger partial charge in [0.2, 0.25) is 0 Å². The van der Waals surface area contributed by atoms with E-state index in [0.29, 0.717) is 5.69 Å². The molecular formula is C12H9F3N2O3. The van der Waals surface area contributed by atoms with Crippen LogP contribution in [-0.2, 0) is 7.05 Å². The lowest BCUT2D eigenvalue weighted by Gasteiger charge is -2.11. The van der Waals surface area contributed by atoms with Gasteiger partial charge in [-0.25, -0.2) is 4.79 Å². The third-order valence-electron chi connectivity index (χ3n) is 2.50. The molecule has 0 amide bonds. The fraction of sp³-hybridized carbons (Fsp3) is 0.167.